The van der Waals surface area contributed by atoms with Crippen LogP contribution in [0.15, 0.2) is 18.2 Å². The molecule has 2 aliphatic rings. The number of hydrogen-bond donors (Lipinski definition) is 2. The third kappa shape index (κ3) is 3.70. The first-order valence-corrected chi connectivity index (χ1v) is 8.63. The van der Waals surface area contributed by atoms with Crippen LogP contribution in [0.4, 0.5) is 5.69 Å². The molecule has 24 heavy (non-hydrogen) atoms. The van der Waals surface area contributed by atoms with E-state index in [0.29, 0.717) is 35.5 Å². The number of carbonyl (C=O) groups excluding carboxylic acids is 2. The molecule has 3 rings (SSSR count). The molecule has 6 heteroatoms. The third-order valence-electron chi connectivity index (χ3n) is 4.73. The van der Waals surface area contributed by atoms with Crippen LogP contribution < -0.4 is 15.4 Å². The Hall–Kier alpha value is -2.08. The number of nitrogens with zero attached hydrogens (tertiary/aromatic N) is 1. The maximum atomic E-state index is 12.5. The van der Waals surface area contributed by atoms with Gasteiger partial charge in [-0.05, 0) is 50.0 Å². The zero-order chi connectivity index (χ0) is 17.1. The van der Waals surface area contributed by atoms with Gasteiger partial charge in [0.05, 0.1) is 5.69 Å². The number of benzene rings is 1. The zero-order valence-corrected chi connectivity index (χ0v) is 14.3. The van der Waals surface area contributed by atoms with Crippen molar-refractivity contribution in [3.05, 3.63) is 23.8 Å². The molecule has 1 aromatic rings. The Balaban J connectivity index is 1.63. The molecule has 2 aliphatic heterocycles. The van der Waals surface area contributed by atoms with Gasteiger partial charge in [-0.2, -0.15) is 0 Å². The summed E-state index contributed by atoms with van der Waals surface area (Å²) >= 11 is 0. The molecular weight excluding hydrogens is 306 g/mol. The van der Waals surface area contributed by atoms with E-state index in [1.807, 2.05) is 0 Å². The number of rotatable bonds is 5. The van der Waals surface area contributed by atoms with Crippen molar-refractivity contribution in [1.29, 1.82) is 0 Å². The largest absolute Gasteiger partial charge is 0.482 e. The quantitative estimate of drug-likeness (QED) is 0.864. The molecule has 6 nitrogen and oxygen atoms in total. The Labute approximate surface area is 142 Å². The number of ether oxygens (including phenoxy) is 1. The standard InChI is InChI=1S/C18H25N3O3/c1-12(2)15(21-7-3-4-8-21)10-19-18(23)13-5-6-14-16(9-13)24-11-17(22)20-14/h5-6,9,12,15H,3-4,7-8,10-11H2,1-2H3,(H,19,23)(H,20,22). The first-order chi connectivity index (χ1) is 11.5. The van der Waals surface area contributed by atoms with E-state index in [9.17, 15) is 9.59 Å². The van der Waals surface area contributed by atoms with Gasteiger partial charge in [-0.1, -0.05) is 13.8 Å². The first-order valence-electron chi connectivity index (χ1n) is 8.63. The van der Waals surface area contributed by atoms with Gasteiger partial charge in [-0.25, -0.2) is 0 Å². The highest BCUT2D eigenvalue weighted by Gasteiger charge is 2.25. The molecule has 2 heterocycles. The van der Waals surface area contributed by atoms with Crippen molar-refractivity contribution in [2.75, 3.05) is 31.6 Å². The van der Waals surface area contributed by atoms with Crippen LogP contribution in [0.25, 0.3) is 0 Å². The van der Waals surface area contributed by atoms with Crippen LogP contribution in [0.5, 0.6) is 5.75 Å². The van der Waals surface area contributed by atoms with Crippen LogP contribution in [-0.2, 0) is 4.79 Å². The predicted octanol–water partition coefficient (Wildman–Crippen LogP) is 1.87. The second-order valence-electron chi connectivity index (χ2n) is 6.81. The summed E-state index contributed by atoms with van der Waals surface area (Å²) in [5.74, 6) is 0.751. The van der Waals surface area contributed by atoms with Gasteiger partial charge in [-0.15, -0.1) is 0 Å². The minimum Gasteiger partial charge on any atom is -0.482 e. The molecular formula is C18H25N3O3. The van der Waals surface area contributed by atoms with Crippen molar-refractivity contribution in [1.82, 2.24) is 10.2 Å². The Morgan fingerprint density at radius 1 is 1.33 bits per heavy atom. The van der Waals surface area contributed by atoms with E-state index in [2.05, 4.69) is 29.4 Å². The van der Waals surface area contributed by atoms with Gasteiger partial charge < -0.3 is 15.4 Å². The smallest absolute Gasteiger partial charge is 0.262 e. The summed E-state index contributed by atoms with van der Waals surface area (Å²) in [7, 11) is 0. The van der Waals surface area contributed by atoms with Crippen LogP contribution >= 0.6 is 0 Å². The Kier molecular flexibility index (Phi) is 5.04. The molecule has 130 valence electrons. The number of nitrogens with one attached hydrogen (secondary N) is 2. The van der Waals surface area contributed by atoms with E-state index in [1.165, 1.54) is 12.8 Å². The molecule has 2 N–H and O–H groups in total. The maximum Gasteiger partial charge on any atom is 0.262 e. The van der Waals surface area contributed by atoms with Crippen molar-refractivity contribution in [3.8, 4) is 5.75 Å². The van der Waals surface area contributed by atoms with E-state index >= 15 is 0 Å². The number of fused-ring (bicyclic) bond motifs is 1. The molecule has 0 radical (unpaired) electrons. The zero-order valence-electron chi connectivity index (χ0n) is 14.3. The van der Waals surface area contributed by atoms with Gasteiger partial charge in [0.2, 0.25) is 0 Å². The number of anilines is 1. The molecule has 0 spiro atoms. The summed E-state index contributed by atoms with van der Waals surface area (Å²) < 4.78 is 5.37. The molecule has 1 atom stereocenters. The Morgan fingerprint density at radius 2 is 2.08 bits per heavy atom. The van der Waals surface area contributed by atoms with E-state index in [4.69, 9.17) is 4.74 Å². The van der Waals surface area contributed by atoms with Gasteiger partial charge >= 0.3 is 0 Å². The summed E-state index contributed by atoms with van der Waals surface area (Å²) in [6, 6.07) is 5.47. The van der Waals surface area contributed by atoms with Gasteiger partial charge in [0.15, 0.2) is 6.61 Å². The summed E-state index contributed by atoms with van der Waals surface area (Å²) in [5.41, 5.74) is 1.16. The van der Waals surface area contributed by atoms with E-state index in [1.54, 1.807) is 18.2 Å². The summed E-state index contributed by atoms with van der Waals surface area (Å²) in [4.78, 5) is 26.2. The highest BCUT2D eigenvalue weighted by molar-refractivity contribution is 5.98. The number of hydrogen-bond acceptors (Lipinski definition) is 4. The number of amides is 2. The lowest BCUT2D eigenvalue weighted by Crippen LogP contribution is -2.45. The minimum atomic E-state index is -0.176. The van der Waals surface area contributed by atoms with E-state index in [-0.39, 0.29) is 18.4 Å². The number of likely N-dealkylation sites (tertiary alicyclic amines) is 1. The lowest BCUT2D eigenvalue weighted by molar-refractivity contribution is -0.118. The molecule has 0 saturated carbocycles. The highest BCUT2D eigenvalue weighted by Crippen LogP contribution is 2.28. The molecule has 1 aromatic carbocycles. The van der Waals surface area contributed by atoms with Crippen molar-refractivity contribution >= 4 is 17.5 Å². The van der Waals surface area contributed by atoms with Gasteiger partial charge in [0.1, 0.15) is 5.75 Å². The van der Waals surface area contributed by atoms with E-state index < -0.39 is 0 Å². The Bertz CT molecular complexity index is 624. The van der Waals surface area contributed by atoms with Gasteiger partial charge in [-0.3, -0.25) is 14.5 Å². The highest BCUT2D eigenvalue weighted by atomic mass is 16.5. The summed E-state index contributed by atoms with van der Waals surface area (Å²) in [5, 5.41) is 5.78. The fraction of sp³-hybridized carbons (Fsp3) is 0.556. The molecule has 0 aromatic heterocycles. The average Bonchev–Trinajstić information content (AvgIpc) is 3.08. The Morgan fingerprint density at radius 3 is 2.79 bits per heavy atom. The van der Waals surface area contributed by atoms with Gasteiger partial charge in [0, 0.05) is 18.2 Å². The molecule has 0 aliphatic carbocycles. The lowest BCUT2D eigenvalue weighted by Gasteiger charge is -2.31. The lowest BCUT2D eigenvalue weighted by atomic mass is 10.0. The fourth-order valence-electron chi connectivity index (χ4n) is 3.37. The SMILES string of the molecule is CC(C)C(CNC(=O)c1ccc2c(c1)OCC(=O)N2)N1CCCC1. The number of carbonyl (C=O) groups is 2. The van der Waals surface area contributed by atoms with Crippen molar-refractivity contribution in [2.24, 2.45) is 5.92 Å². The fourth-order valence-corrected chi connectivity index (χ4v) is 3.37. The third-order valence-corrected chi connectivity index (χ3v) is 4.73. The summed E-state index contributed by atoms with van der Waals surface area (Å²) in [6.07, 6.45) is 2.48. The van der Waals surface area contributed by atoms with Crippen LogP contribution in [-0.4, -0.2) is 49.0 Å². The second kappa shape index (κ2) is 7.21. The van der Waals surface area contributed by atoms with Crippen molar-refractivity contribution in [3.63, 3.8) is 0 Å². The summed E-state index contributed by atoms with van der Waals surface area (Å²) in [6.45, 7) is 7.26. The van der Waals surface area contributed by atoms with Crippen LogP contribution in [0.3, 0.4) is 0 Å². The van der Waals surface area contributed by atoms with Crippen molar-refractivity contribution < 1.29 is 14.3 Å². The van der Waals surface area contributed by atoms with Crippen LogP contribution in [0.2, 0.25) is 0 Å². The molecule has 2 amide bonds. The normalized spacial score (nSPS) is 18.7. The van der Waals surface area contributed by atoms with Gasteiger partial charge in [0.25, 0.3) is 11.8 Å². The monoisotopic (exact) mass is 331 g/mol. The molecule has 0 bridgehead atoms. The van der Waals surface area contributed by atoms with E-state index in [0.717, 1.165) is 13.1 Å². The maximum absolute atomic E-state index is 12.5. The predicted molar refractivity (Wildman–Crippen MR) is 92.3 cm³/mol. The van der Waals surface area contributed by atoms with Crippen LogP contribution in [0, 0.1) is 5.92 Å². The molecule has 1 fully saturated rings. The molecule has 1 unspecified atom stereocenters. The first kappa shape index (κ1) is 16.8. The average molecular weight is 331 g/mol. The second-order valence-corrected chi connectivity index (χ2v) is 6.81. The van der Waals surface area contributed by atoms with Crippen molar-refractivity contribution in [2.45, 2.75) is 32.7 Å². The minimum absolute atomic E-state index is 0.0115. The molecule has 1 saturated heterocycles. The topological polar surface area (TPSA) is 70.7 Å². The van der Waals surface area contributed by atoms with Crippen LogP contribution in [0.1, 0.15) is 37.0 Å².